The lowest BCUT2D eigenvalue weighted by Crippen LogP contribution is -2.53. The molecule has 0 aromatic heterocycles. The van der Waals surface area contributed by atoms with Gasteiger partial charge in [0.15, 0.2) is 0 Å². The van der Waals surface area contributed by atoms with E-state index in [0.717, 1.165) is 24.3 Å². The average molecular weight is 365 g/mol. The third-order valence-electron chi connectivity index (χ3n) is 4.99. The van der Waals surface area contributed by atoms with E-state index < -0.39 is 11.8 Å². The van der Waals surface area contributed by atoms with E-state index >= 15 is 0 Å². The van der Waals surface area contributed by atoms with Crippen molar-refractivity contribution in [3.63, 3.8) is 0 Å². The Morgan fingerprint density at radius 3 is 2.15 bits per heavy atom. The van der Waals surface area contributed by atoms with Gasteiger partial charge < -0.3 is 14.7 Å². The number of hydrogen-bond donors (Lipinski definition) is 0. The Balaban J connectivity index is 1.65. The molecule has 1 heterocycles. The minimum absolute atomic E-state index is 0.415. The van der Waals surface area contributed by atoms with Crippen molar-refractivity contribution < 1.29 is 9.59 Å². The van der Waals surface area contributed by atoms with Crippen LogP contribution in [0.2, 0.25) is 0 Å². The molecule has 2 aromatic carbocycles. The van der Waals surface area contributed by atoms with Crippen LogP contribution in [-0.2, 0) is 9.59 Å². The lowest BCUT2D eigenvalue weighted by molar-refractivity contribution is -0.144. The molecular weight excluding hydrogens is 338 g/mol. The zero-order chi connectivity index (χ0) is 19.4. The van der Waals surface area contributed by atoms with Gasteiger partial charge in [0, 0.05) is 44.1 Å². The van der Waals surface area contributed by atoms with Crippen LogP contribution >= 0.6 is 0 Å². The van der Waals surface area contributed by atoms with Crippen molar-refractivity contribution in [2.24, 2.45) is 0 Å². The summed E-state index contributed by atoms with van der Waals surface area (Å²) in [6.07, 6.45) is 0. The second-order valence-electron chi connectivity index (χ2n) is 7.01. The number of amides is 2. The van der Waals surface area contributed by atoms with Gasteiger partial charge in [0.2, 0.25) is 0 Å². The molecule has 142 valence electrons. The number of rotatable bonds is 3. The van der Waals surface area contributed by atoms with Gasteiger partial charge >= 0.3 is 11.8 Å². The highest BCUT2D eigenvalue weighted by atomic mass is 16.2. The molecule has 1 fully saturated rings. The molecule has 0 saturated carbocycles. The largest absolute Gasteiger partial charge is 0.368 e. The van der Waals surface area contributed by atoms with Crippen molar-refractivity contribution in [2.75, 3.05) is 42.5 Å². The van der Waals surface area contributed by atoms with Crippen LogP contribution < -0.4 is 9.80 Å². The molecule has 5 nitrogen and oxygen atoms in total. The van der Waals surface area contributed by atoms with Crippen molar-refractivity contribution >= 4 is 23.2 Å². The molecular formula is C22H27N3O2. The fraction of sp³-hybridized carbons (Fsp3) is 0.364. The smallest absolute Gasteiger partial charge is 0.316 e. The van der Waals surface area contributed by atoms with Crippen LogP contribution in [-0.4, -0.2) is 49.4 Å². The van der Waals surface area contributed by atoms with Gasteiger partial charge in [0.1, 0.15) is 0 Å². The van der Waals surface area contributed by atoms with Crippen molar-refractivity contribution in [2.45, 2.75) is 20.8 Å². The van der Waals surface area contributed by atoms with Crippen LogP contribution in [0.3, 0.4) is 0 Å². The molecule has 0 bridgehead atoms. The third kappa shape index (κ3) is 4.30. The second kappa shape index (κ2) is 8.25. The Bertz CT molecular complexity index is 826. The number of benzene rings is 2. The highest BCUT2D eigenvalue weighted by molar-refractivity contribution is 6.40. The highest BCUT2D eigenvalue weighted by Gasteiger charge is 2.29. The van der Waals surface area contributed by atoms with Gasteiger partial charge in [-0.25, -0.2) is 0 Å². The molecule has 0 aliphatic carbocycles. The summed E-state index contributed by atoms with van der Waals surface area (Å²) in [6, 6.07) is 16.1. The maximum absolute atomic E-state index is 12.8. The van der Waals surface area contributed by atoms with Gasteiger partial charge in [0.25, 0.3) is 0 Å². The van der Waals surface area contributed by atoms with E-state index in [-0.39, 0.29) is 0 Å². The first-order chi connectivity index (χ1) is 13.0. The van der Waals surface area contributed by atoms with E-state index in [2.05, 4.69) is 30.0 Å². The summed E-state index contributed by atoms with van der Waals surface area (Å²) in [4.78, 5) is 31.1. The number of nitrogens with zero attached hydrogens (tertiary/aromatic N) is 3. The number of piperazine rings is 1. The Hall–Kier alpha value is -2.82. The molecule has 0 unspecified atom stereocenters. The first kappa shape index (κ1) is 19.0. The summed E-state index contributed by atoms with van der Waals surface area (Å²) < 4.78 is 0. The fourth-order valence-corrected chi connectivity index (χ4v) is 3.48. The zero-order valence-corrected chi connectivity index (χ0v) is 16.3. The summed E-state index contributed by atoms with van der Waals surface area (Å²) in [6.45, 7) is 9.01. The third-order valence-corrected chi connectivity index (χ3v) is 4.99. The number of hydrogen-bond acceptors (Lipinski definition) is 3. The van der Waals surface area contributed by atoms with Crippen LogP contribution in [0, 0.1) is 13.8 Å². The molecule has 1 saturated heterocycles. The van der Waals surface area contributed by atoms with Crippen LogP contribution in [0.15, 0.2) is 48.5 Å². The average Bonchev–Trinajstić information content (AvgIpc) is 2.68. The van der Waals surface area contributed by atoms with Gasteiger partial charge in [-0.05, 0) is 56.2 Å². The van der Waals surface area contributed by atoms with Crippen molar-refractivity contribution in [3.05, 3.63) is 59.7 Å². The Kier molecular flexibility index (Phi) is 5.79. The molecule has 0 N–H and O–H groups in total. The van der Waals surface area contributed by atoms with E-state index in [1.54, 1.807) is 9.80 Å². The highest BCUT2D eigenvalue weighted by Crippen LogP contribution is 2.19. The summed E-state index contributed by atoms with van der Waals surface area (Å²) in [5, 5.41) is 0. The molecule has 5 heteroatoms. The van der Waals surface area contributed by atoms with Gasteiger partial charge in [-0.2, -0.15) is 0 Å². The molecule has 2 amide bonds. The minimum Gasteiger partial charge on any atom is -0.368 e. The van der Waals surface area contributed by atoms with Gasteiger partial charge in [-0.1, -0.05) is 24.3 Å². The number of carbonyl (C=O) groups is 2. The predicted octanol–water partition coefficient (Wildman–Crippen LogP) is 3.01. The zero-order valence-electron chi connectivity index (χ0n) is 16.3. The van der Waals surface area contributed by atoms with Gasteiger partial charge in [-0.15, -0.1) is 0 Å². The predicted molar refractivity (Wildman–Crippen MR) is 109 cm³/mol. The number of aryl methyl sites for hydroxylation is 2. The topological polar surface area (TPSA) is 43.9 Å². The van der Waals surface area contributed by atoms with E-state index in [1.807, 2.05) is 44.2 Å². The molecule has 2 aromatic rings. The van der Waals surface area contributed by atoms with Crippen LogP contribution in [0.25, 0.3) is 0 Å². The van der Waals surface area contributed by atoms with Gasteiger partial charge in [0.05, 0.1) is 0 Å². The van der Waals surface area contributed by atoms with Crippen molar-refractivity contribution in [3.8, 4) is 0 Å². The molecule has 27 heavy (non-hydrogen) atoms. The van der Waals surface area contributed by atoms with Crippen LogP contribution in [0.4, 0.5) is 11.4 Å². The standard InChI is InChI=1S/C22H27N3O2/c1-4-25(20-10-6-8-18(3)16-20)22(27)21(26)24-13-11-23(12-14-24)19-9-5-7-17(2)15-19/h5-10,15-16H,4,11-14H2,1-3H3. The first-order valence-corrected chi connectivity index (χ1v) is 9.48. The molecule has 0 spiro atoms. The van der Waals surface area contributed by atoms with Crippen LogP contribution in [0.1, 0.15) is 18.1 Å². The molecule has 0 radical (unpaired) electrons. The van der Waals surface area contributed by atoms with E-state index in [4.69, 9.17) is 0 Å². The SMILES string of the molecule is CCN(C(=O)C(=O)N1CCN(c2cccc(C)c2)CC1)c1cccc(C)c1. The molecule has 1 aliphatic heterocycles. The van der Waals surface area contributed by atoms with E-state index in [9.17, 15) is 9.59 Å². The van der Waals surface area contributed by atoms with E-state index in [1.165, 1.54) is 11.3 Å². The van der Waals surface area contributed by atoms with Crippen molar-refractivity contribution in [1.82, 2.24) is 4.90 Å². The Morgan fingerprint density at radius 1 is 0.926 bits per heavy atom. The summed E-state index contributed by atoms with van der Waals surface area (Å²) in [7, 11) is 0. The number of likely N-dealkylation sites (N-methyl/N-ethyl adjacent to an activating group) is 1. The summed E-state index contributed by atoms with van der Waals surface area (Å²) in [5.41, 5.74) is 4.23. The van der Waals surface area contributed by atoms with E-state index in [0.29, 0.717) is 19.6 Å². The maximum Gasteiger partial charge on any atom is 0.316 e. The number of carbonyl (C=O) groups excluding carboxylic acids is 2. The monoisotopic (exact) mass is 365 g/mol. The quantitative estimate of drug-likeness (QED) is 0.786. The summed E-state index contributed by atoms with van der Waals surface area (Å²) >= 11 is 0. The number of anilines is 2. The maximum atomic E-state index is 12.8. The summed E-state index contributed by atoms with van der Waals surface area (Å²) in [5.74, 6) is -0.866. The minimum atomic E-state index is -0.452. The lowest BCUT2D eigenvalue weighted by Gasteiger charge is -2.36. The van der Waals surface area contributed by atoms with Gasteiger partial charge in [-0.3, -0.25) is 9.59 Å². The normalized spacial score (nSPS) is 14.2. The first-order valence-electron chi connectivity index (χ1n) is 9.48. The second-order valence-corrected chi connectivity index (χ2v) is 7.01. The Labute approximate surface area is 161 Å². The lowest BCUT2D eigenvalue weighted by atomic mass is 10.2. The fourth-order valence-electron chi connectivity index (χ4n) is 3.48. The molecule has 1 aliphatic rings. The van der Waals surface area contributed by atoms with Crippen molar-refractivity contribution in [1.29, 1.82) is 0 Å². The molecule has 0 atom stereocenters. The van der Waals surface area contributed by atoms with Crippen LogP contribution in [0.5, 0.6) is 0 Å². The Morgan fingerprint density at radius 2 is 1.56 bits per heavy atom. The molecule has 3 rings (SSSR count).